The first-order chi connectivity index (χ1) is 8.65. The highest BCUT2D eigenvalue weighted by Gasteiger charge is 2.21. The Labute approximate surface area is 112 Å². The Morgan fingerprint density at radius 1 is 1.44 bits per heavy atom. The van der Waals surface area contributed by atoms with Gasteiger partial charge in [-0.05, 0) is 24.3 Å². The summed E-state index contributed by atoms with van der Waals surface area (Å²) in [7, 11) is 0. The molecule has 0 aromatic carbocycles. The van der Waals surface area contributed by atoms with Crippen molar-refractivity contribution in [2.24, 2.45) is 5.92 Å². The van der Waals surface area contributed by atoms with Crippen molar-refractivity contribution in [1.82, 2.24) is 14.6 Å². The Morgan fingerprint density at radius 3 is 2.83 bits per heavy atom. The predicted molar refractivity (Wildman–Crippen MR) is 73.1 cm³/mol. The van der Waals surface area contributed by atoms with Crippen molar-refractivity contribution in [1.29, 1.82) is 0 Å². The van der Waals surface area contributed by atoms with Gasteiger partial charge in [-0.25, -0.2) is 9.50 Å². The van der Waals surface area contributed by atoms with Gasteiger partial charge in [0.05, 0.1) is 6.20 Å². The first kappa shape index (κ1) is 12.0. The van der Waals surface area contributed by atoms with E-state index in [-0.39, 0.29) is 0 Å². The van der Waals surface area contributed by atoms with Crippen molar-refractivity contribution in [2.75, 3.05) is 0 Å². The molecule has 3 rings (SSSR count). The van der Waals surface area contributed by atoms with Crippen LogP contribution < -0.4 is 0 Å². The fourth-order valence-corrected chi connectivity index (χ4v) is 2.76. The summed E-state index contributed by atoms with van der Waals surface area (Å²) in [4.78, 5) is 4.43. The minimum absolute atomic E-state index is 0.421. The summed E-state index contributed by atoms with van der Waals surface area (Å²) < 4.78 is 1.97. The Morgan fingerprint density at radius 2 is 2.22 bits per heavy atom. The SMILES string of the molecule is CC(C)c1cnn2c(CC3CCC3)cc(Cl)nc12. The molecule has 2 aromatic heterocycles. The Kier molecular flexibility index (Phi) is 3.02. The van der Waals surface area contributed by atoms with E-state index in [0.29, 0.717) is 11.1 Å². The molecule has 1 aliphatic rings. The highest BCUT2D eigenvalue weighted by atomic mass is 35.5. The lowest BCUT2D eigenvalue weighted by Gasteiger charge is -2.25. The molecule has 18 heavy (non-hydrogen) atoms. The van der Waals surface area contributed by atoms with Crippen LogP contribution in [0, 0.1) is 5.92 Å². The molecule has 0 atom stereocenters. The van der Waals surface area contributed by atoms with E-state index in [9.17, 15) is 0 Å². The van der Waals surface area contributed by atoms with Gasteiger partial charge in [-0.1, -0.05) is 44.7 Å². The third-order valence-electron chi connectivity index (χ3n) is 3.89. The first-order valence-corrected chi connectivity index (χ1v) is 7.06. The second-order valence-corrected chi connectivity index (χ2v) is 5.95. The molecule has 0 radical (unpaired) electrons. The maximum Gasteiger partial charge on any atom is 0.160 e. The van der Waals surface area contributed by atoms with Crippen LogP contribution >= 0.6 is 11.6 Å². The van der Waals surface area contributed by atoms with Gasteiger partial charge < -0.3 is 0 Å². The van der Waals surface area contributed by atoms with Gasteiger partial charge in [-0.2, -0.15) is 5.10 Å². The summed E-state index contributed by atoms with van der Waals surface area (Å²) in [6.07, 6.45) is 7.02. The largest absolute Gasteiger partial charge is 0.219 e. The Hall–Kier alpha value is -1.09. The second kappa shape index (κ2) is 4.54. The lowest BCUT2D eigenvalue weighted by molar-refractivity contribution is 0.310. The minimum atomic E-state index is 0.421. The monoisotopic (exact) mass is 263 g/mol. The smallest absolute Gasteiger partial charge is 0.160 e. The normalized spacial score (nSPS) is 16.4. The summed E-state index contributed by atoms with van der Waals surface area (Å²) in [6, 6.07) is 1.96. The van der Waals surface area contributed by atoms with Gasteiger partial charge in [-0.15, -0.1) is 0 Å². The zero-order valence-electron chi connectivity index (χ0n) is 10.9. The van der Waals surface area contributed by atoms with Crippen molar-refractivity contribution < 1.29 is 0 Å². The summed E-state index contributed by atoms with van der Waals surface area (Å²) in [5.41, 5.74) is 3.29. The van der Waals surface area contributed by atoms with Gasteiger partial charge in [0, 0.05) is 11.3 Å². The molecular formula is C14H18ClN3. The van der Waals surface area contributed by atoms with E-state index in [1.54, 1.807) is 0 Å². The van der Waals surface area contributed by atoms with Crippen LogP contribution in [0.1, 0.15) is 50.3 Å². The van der Waals surface area contributed by atoms with Crippen LogP contribution in [0.5, 0.6) is 0 Å². The van der Waals surface area contributed by atoms with E-state index in [1.807, 2.05) is 16.8 Å². The quantitative estimate of drug-likeness (QED) is 0.788. The molecule has 96 valence electrons. The molecule has 0 N–H and O–H groups in total. The van der Waals surface area contributed by atoms with Crippen LogP contribution in [0.4, 0.5) is 0 Å². The van der Waals surface area contributed by atoms with Gasteiger partial charge in [0.1, 0.15) is 5.15 Å². The fourth-order valence-electron chi connectivity index (χ4n) is 2.55. The van der Waals surface area contributed by atoms with E-state index in [2.05, 4.69) is 23.9 Å². The molecule has 3 nitrogen and oxygen atoms in total. The first-order valence-electron chi connectivity index (χ1n) is 6.68. The topological polar surface area (TPSA) is 30.2 Å². The van der Waals surface area contributed by atoms with Crippen molar-refractivity contribution >= 4 is 17.2 Å². The van der Waals surface area contributed by atoms with Crippen molar-refractivity contribution in [3.05, 3.63) is 28.7 Å². The molecule has 2 heterocycles. The molecule has 0 saturated heterocycles. The third kappa shape index (κ3) is 2.01. The lowest BCUT2D eigenvalue weighted by atomic mass is 9.82. The van der Waals surface area contributed by atoms with E-state index < -0.39 is 0 Å². The summed E-state index contributed by atoms with van der Waals surface area (Å²) in [5, 5.41) is 5.07. The summed E-state index contributed by atoms with van der Waals surface area (Å²) in [5.74, 6) is 1.23. The minimum Gasteiger partial charge on any atom is -0.219 e. The number of hydrogen-bond acceptors (Lipinski definition) is 2. The highest BCUT2D eigenvalue weighted by molar-refractivity contribution is 6.29. The number of rotatable bonds is 3. The van der Waals surface area contributed by atoms with E-state index in [1.165, 1.54) is 30.5 Å². The number of halogens is 1. The Bertz CT molecular complexity index is 570. The van der Waals surface area contributed by atoms with Crippen molar-refractivity contribution in [2.45, 2.75) is 45.4 Å². The van der Waals surface area contributed by atoms with E-state index >= 15 is 0 Å². The zero-order valence-corrected chi connectivity index (χ0v) is 11.6. The van der Waals surface area contributed by atoms with E-state index in [0.717, 1.165) is 18.0 Å². The van der Waals surface area contributed by atoms with Crippen LogP contribution in [0.2, 0.25) is 5.15 Å². The number of hydrogen-bond donors (Lipinski definition) is 0. The van der Waals surface area contributed by atoms with Gasteiger partial charge in [0.2, 0.25) is 0 Å². The maximum absolute atomic E-state index is 6.15. The lowest BCUT2D eigenvalue weighted by Crippen LogP contribution is -2.16. The van der Waals surface area contributed by atoms with Gasteiger partial charge in [0.25, 0.3) is 0 Å². The van der Waals surface area contributed by atoms with Crippen LogP contribution in [-0.2, 0) is 6.42 Å². The van der Waals surface area contributed by atoms with Crippen LogP contribution in [-0.4, -0.2) is 14.6 Å². The summed E-state index contributed by atoms with van der Waals surface area (Å²) >= 11 is 6.15. The van der Waals surface area contributed by atoms with Crippen LogP contribution in [0.25, 0.3) is 5.65 Å². The molecule has 4 heteroatoms. The maximum atomic E-state index is 6.15. The molecule has 2 aromatic rings. The molecule has 0 spiro atoms. The third-order valence-corrected chi connectivity index (χ3v) is 4.08. The zero-order chi connectivity index (χ0) is 12.7. The molecule has 0 bridgehead atoms. The van der Waals surface area contributed by atoms with Crippen LogP contribution in [0.15, 0.2) is 12.3 Å². The molecule has 0 unspecified atom stereocenters. The predicted octanol–water partition coefficient (Wildman–Crippen LogP) is 3.85. The van der Waals surface area contributed by atoms with Gasteiger partial charge >= 0.3 is 0 Å². The van der Waals surface area contributed by atoms with Crippen molar-refractivity contribution in [3.8, 4) is 0 Å². The van der Waals surface area contributed by atoms with Gasteiger partial charge in [0.15, 0.2) is 5.65 Å². The second-order valence-electron chi connectivity index (χ2n) is 5.56. The molecule has 0 aliphatic heterocycles. The van der Waals surface area contributed by atoms with Crippen molar-refractivity contribution in [3.63, 3.8) is 0 Å². The average molecular weight is 264 g/mol. The molecular weight excluding hydrogens is 246 g/mol. The standard InChI is InChI=1S/C14H18ClN3/c1-9(2)12-8-16-18-11(6-10-4-3-5-10)7-13(15)17-14(12)18/h7-10H,3-6H2,1-2H3. The molecule has 1 fully saturated rings. The molecule has 1 aliphatic carbocycles. The average Bonchev–Trinajstić information content (AvgIpc) is 2.66. The van der Waals surface area contributed by atoms with Gasteiger partial charge in [-0.3, -0.25) is 0 Å². The number of fused-ring (bicyclic) bond motifs is 1. The highest BCUT2D eigenvalue weighted by Crippen LogP contribution is 2.31. The fraction of sp³-hybridized carbons (Fsp3) is 0.571. The van der Waals surface area contributed by atoms with Crippen LogP contribution in [0.3, 0.4) is 0 Å². The Balaban J connectivity index is 2.07. The molecule has 1 saturated carbocycles. The summed E-state index contributed by atoms with van der Waals surface area (Å²) in [6.45, 7) is 4.32. The number of aromatic nitrogens is 3. The molecule has 0 amide bonds. The number of nitrogens with zero attached hydrogens (tertiary/aromatic N) is 3. The van der Waals surface area contributed by atoms with E-state index in [4.69, 9.17) is 11.6 Å².